The van der Waals surface area contributed by atoms with Crippen LogP contribution in [0.25, 0.3) is 0 Å². The second kappa shape index (κ2) is 4.42. The van der Waals surface area contributed by atoms with Crippen LogP contribution in [-0.4, -0.2) is 12.3 Å². The Kier molecular flexibility index (Phi) is 3.48. The molecule has 0 aromatic heterocycles. The number of carbonyl (C=O) groups excluding carboxylic acids is 1. The SMILES string of the molecule is CC(=O)CNc1ccc(C)cc1Br. The van der Waals surface area contributed by atoms with Gasteiger partial charge in [0.25, 0.3) is 0 Å². The van der Waals surface area contributed by atoms with Gasteiger partial charge in [0.15, 0.2) is 0 Å². The Morgan fingerprint density at radius 2 is 2.23 bits per heavy atom. The van der Waals surface area contributed by atoms with Gasteiger partial charge >= 0.3 is 0 Å². The molecule has 3 heteroatoms. The van der Waals surface area contributed by atoms with E-state index in [0.29, 0.717) is 6.54 Å². The monoisotopic (exact) mass is 241 g/mol. The first-order chi connectivity index (χ1) is 6.09. The zero-order valence-corrected chi connectivity index (χ0v) is 9.31. The molecule has 0 fully saturated rings. The molecule has 2 nitrogen and oxygen atoms in total. The minimum Gasteiger partial charge on any atom is -0.377 e. The maximum atomic E-state index is 10.7. The molecule has 0 unspecified atom stereocenters. The van der Waals surface area contributed by atoms with Gasteiger partial charge in [0.2, 0.25) is 0 Å². The lowest BCUT2D eigenvalue weighted by atomic mass is 10.2. The van der Waals surface area contributed by atoms with Gasteiger partial charge in [-0.05, 0) is 47.5 Å². The Hall–Kier alpha value is -0.830. The van der Waals surface area contributed by atoms with E-state index in [1.54, 1.807) is 6.92 Å². The van der Waals surface area contributed by atoms with Crippen molar-refractivity contribution in [1.29, 1.82) is 0 Å². The lowest BCUT2D eigenvalue weighted by Crippen LogP contribution is -2.09. The third kappa shape index (κ3) is 3.19. The first kappa shape index (κ1) is 10.3. The molecular weight excluding hydrogens is 230 g/mol. The Bertz CT molecular complexity index is 323. The van der Waals surface area contributed by atoms with Gasteiger partial charge in [0.05, 0.1) is 6.54 Å². The van der Waals surface area contributed by atoms with Gasteiger partial charge in [0.1, 0.15) is 5.78 Å². The van der Waals surface area contributed by atoms with Gasteiger partial charge in [-0.15, -0.1) is 0 Å². The third-order valence-electron chi connectivity index (χ3n) is 1.65. The van der Waals surface area contributed by atoms with Crippen LogP contribution in [0.5, 0.6) is 0 Å². The van der Waals surface area contributed by atoms with E-state index in [0.717, 1.165) is 10.2 Å². The molecule has 0 bridgehead atoms. The fraction of sp³-hybridized carbons (Fsp3) is 0.300. The Morgan fingerprint density at radius 3 is 2.77 bits per heavy atom. The fourth-order valence-corrected chi connectivity index (χ4v) is 1.62. The van der Waals surface area contributed by atoms with Crippen LogP contribution in [0, 0.1) is 6.92 Å². The van der Waals surface area contributed by atoms with Crippen molar-refractivity contribution in [1.82, 2.24) is 0 Å². The summed E-state index contributed by atoms with van der Waals surface area (Å²) in [6.45, 7) is 3.97. The van der Waals surface area contributed by atoms with E-state index >= 15 is 0 Å². The number of Topliss-reactive ketones (excluding diaryl/α,β-unsaturated/α-hetero) is 1. The summed E-state index contributed by atoms with van der Waals surface area (Å²) in [6.07, 6.45) is 0. The Morgan fingerprint density at radius 1 is 1.54 bits per heavy atom. The summed E-state index contributed by atoms with van der Waals surface area (Å²) < 4.78 is 0.994. The van der Waals surface area contributed by atoms with Crippen molar-refractivity contribution in [3.8, 4) is 0 Å². The van der Waals surface area contributed by atoms with Crippen LogP contribution in [0.4, 0.5) is 5.69 Å². The highest BCUT2D eigenvalue weighted by Gasteiger charge is 1.99. The molecule has 0 aliphatic rings. The molecule has 1 rings (SSSR count). The summed E-state index contributed by atoms with van der Waals surface area (Å²) in [4.78, 5) is 10.7. The van der Waals surface area contributed by atoms with Crippen molar-refractivity contribution in [2.24, 2.45) is 0 Å². The molecular formula is C10H12BrNO. The number of benzene rings is 1. The highest BCUT2D eigenvalue weighted by Crippen LogP contribution is 2.22. The zero-order valence-electron chi connectivity index (χ0n) is 7.73. The first-order valence-electron chi connectivity index (χ1n) is 4.09. The van der Waals surface area contributed by atoms with Gasteiger partial charge in [-0.25, -0.2) is 0 Å². The van der Waals surface area contributed by atoms with Crippen molar-refractivity contribution >= 4 is 27.4 Å². The summed E-state index contributed by atoms with van der Waals surface area (Å²) in [5, 5.41) is 3.04. The molecule has 1 aromatic carbocycles. The molecule has 0 heterocycles. The largest absolute Gasteiger partial charge is 0.377 e. The minimum absolute atomic E-state index is 0.132. The van der Waals surface area contributed by atoms with E-state index in [-0.39, 0.29) is 5.78 Å². The van der Waals surface area contributed by atoms with Crippen LogP contribution in [0.15, 0.2) is 22.7 Å². The molecule has 13 heavy (non-hydrogen) atoms. The number of anilines is 1. The molecule has 0 aliphatic carbocycles. The topological polar surface area (TPSA) is 29.1 Å². The lowest BCUT2D eigenvalue weighted by molar-refractivity contribution is -0.115. The normalized spacial score (nSPS) is 9.77. The number of carbonyl (C=O) groups is 1. The van der Waals surface area contributed by atoms with Crippen molar-refractivity contribution in [2.45, 2.75) is 13.8 Å². The van der Waals surface area contributed by atoms with Crippen molar-refractivity contribution in [3.63, 3.8) is 0 Å². The summed E-state index contributed by atoms with van der Waals surface area (Å²) >= 11 is 3.42. The van der Waals surface area contributed by atoms with E-state index in [9.17, 15) is 4.79 Å². The molecule has 70 valence electrons. The second-order valence-electron chi connectivity index (χ2n) is 3.04. The Balaban J connectivity index is 2.72. The number of nitrogens with one attached hydrogen (secondary N) is 1. The predicted molar refractivity (Wildman–Crippen MR) is 58.0 cm³/mol. The van der Waals surface area contributed by atoms with Crippen LogP contribution in [-0.2, 0) is 4.79 Å². The summed E-state index contributed by atoms with van der Waals surface area (Å²) in [6, 6.07) is 5.98. The van der Waals surface area contributed by atoms with E-state index in [2.05, 4.69) is 21.2 Å². The Labute approximate surface area is 86.5 Å². The molecule has 1 aromatic rings. The lowest BCUT2D eigenvalue weighted by Gasteiger charge is -2.06. The molecule has 1 N–H and O–H groups in total. The first-order valence-corrected chi connectivity index (χ1v) is 4.88. The van der Waals surface area contributed by atoms with Crippen LogP contribution >= 0.6 is 15.9 Å². The van der Waals surface area contributed by atoms with Crippen LogP contribution in [0.1, 0.15) is 12.5 Å². The van der Waals surface area contributed by atoms with E-state index < -0.39 is 0 Å². The van der Waals surface area contributed by atoms with E-state index in [1.165, 1.54) is 5.56 Å². The number of hydrogen-bond donors (Lipinski definition) is 1. The summed E-state index contributed by atoms with van der Waals surface area (Å²) in [7, 11) is 0. The molecule has 0 aliphatic heterocycles. The fourth-order valence-electron chi connectivity index (χ4n) is 0.983. The molecule has 0 saturated carbocycles. The van der Waals surface area contributed by atoms with Crippen molar-refractivity contribution in [3.05, 3.63) is 28.2 Å². The van der Waals surface area contributed by atoms with Gasteiger partial charge in [-0.3, -0.25) is 4.79 Å². The van der Waals surface area contributed by atoms with E-state index in [1.807, 2.05) is 25.1 Å². The molecule has 0 amide bonds. The number of halogens is 1. The van der Waals surface area contributed by atoms with E-state index in [4.69, 9.17) is 0 Å². The highest BCUT2D eigenvalue weighted by atomic mass is 79.9. The smallest absolute Gasteiger partial charge is 0.148 e. The maximum absolute atomic E-state index is 10.7. The van der Waals surface area contributed by atoms with Crippen molar-refractivity contribution < 1.29 is 4.79 Å². The molecule has 0 radical (unpaired) electrons. The molecule has 0 saturated heterocycles. The number of aryl methyl sites for hydroxylation is 1. The summed E-state index contributed by atoms with van der Waals surface area (Å²) in [5.74, 6) is 0.132. The number of hydrogen-bond acceptors (Lipinski definition) is 2. The van der Waals surface area contributed by atoms with Gasteiger partial charge in [0, 0.05) is 10.2 Å². The van der Waals surface area contributed by atoms with Crippen LogP contribution < -0.4 is 5.32 Å². The summed E-state index contributed by atoms with van der Waals surface area (Å²) in [5.41, 5.74) is 2.15. The van der Waals surface area contributed by atoms with Crippen LogP contribution in [0.2, 0.25) is 0 Å². The van der Waals surface area contributed by atoms with Gasteiger partial charge in [-0.2, -0.15) is 0 Å². The predicted octanol–water partition coefficient (Wildman–Crippen LogP) is 2.76. The third-order valence-corrected chi connectivity index (χ3v) is 2.31. The van der Waals surface area contributed by atoms with Gasteiger partial charge < -0.3 is 5.32 Å². The average molecular weight is 242 g/mol. The second-order valence-corrected chi connectivity index (χ2v) is 3.89. The van der Waals surface area contributed by atoms with Gasteiger partial charge in [-0.1, -0.05) is 6.07 Å². The minimum atomic E-state index is 0.132. The number of ketones is 1. The maximum Gasteiger partial charge on any atom is 0.148 e. The molecule has 0 atom stereocenters. The standard InChI is InChI=1S/C10H12BrNO/c1-7-3-4-10(9(11)5-7)12-6-8(2)13/h3-5,12H,6H2,1-2H3. The highest BCUT2D eigenvalue weighted by molar-refractivity contribution is 9.10. The quantitative estimate of drug-likeness (QED) is 0.882. The number of rotatable bonds is 3. The average Bonchev–Trinajstić information content (AvgIpc) is 2.02. The molecule has 0 spiro atoms. The zero-order chi connectivity index (χ0) is 9.84. The van der Waals surface area contributed by atoms with Crippen LogP contribution in [0.3, 0.4) is 0 Å². The van der Waals surface area contributed by atoms with Crippen molar-refractivity contribution in [2.75, 3.05) is 11.9 Å².